The van der Waals surface area contributed by atoms with Gasteiger partial charge < -0.3 is 19.7 Å². The number of hydrogen-bond donors (Lipinski definition) is 1. The summed E-state index contributed by atoms with van der Waals surface area (Å²) in [7, 11) is 3.16. The van der Waals surface area contributed by atoms with Gasteiger partial charge >= 0.3 is 0 Å². The Morgan fingerprint density at radius 3 is 2.45 bits per heavy atom. The molecule has 1 amide bonds. The van der Waals surface area contributed by atoms with E-state index in [0.717, 1.165) is 32.7 Å². The van der Waals surface area contributed by atoms with E-state index in [1.165, 1.54) is 4.88 Å². The standard InChI is InChI=1S/C22H31N3O3S/c1-5-24-10-12-25(13-11-24)21(20-7-6-14-29-20)16(2)23-22(26)17-8-9-18(27-3)19(15-17)28-4/h6-9,14-16,21H,5,10-13H2,1-4H3,(H,23,26)/t16-,21+/m1/s1. The van der Waals surface area contributed by atoms with Crippen LogP contribution >= 0.6 is 11.3 Å². The molecule has 6 nitrogen and oxygen atoms in total. The predicted octanol–water partition coefficient (Wildman–Crippen LogP) is 3.26. The highest BCUT2D eigenvalue weighted by Crippen LogP contribution is 2.30. The van der Waals surface area contributed by atoms with Crippen molar-refractivity contribution >= 4 is 17.2 Å². The summed E-state index contributed by atoms with van der Waals surface area (Å²) in [5, 5.41) is 5.32. The first-order chi connectivity index (χ1) is 14.1. The molecule has 158 valence electrons. The van der Waals surface area contributed by atoms with Crippen LogP contribution in [0.5, 0.6) is 11.5 Å². The molecule has 7 heteroatoms. The maximum Gasteiger partial charge on any atom is 0.251 e. The Bertz CT molecular complexity index is 789. The van der Waals surface area contributed by atoms with Gasteiger partial charge in [0.2, 0.25) is 0 Å². The van der Waals surface area contributed by atoms with Crippen LogP contribution in [0.15, 0.2) is 35.7 Å². The third-order valence-electron chi connectivity index (χ3n) is 5.56. The van der Waals surface area contributed by atoms with Crippen LogP contribution in [-0.2, 0) is 0 Å². The zero-order valence-corrected chi connectivity index (χ0v) is 18.5. The van der Waals surface area contributed by atoms with Crippen molar-refractivity contribution in [3.05, 3.63) is 46.2 Å². The SMILES string of the molecule is CCN1CCN([C@H](c2cccs2)[C@@H](C)NC(=O)c2ccc(OC)c(OC)c2)CC1. The molecule has 2 atom stereocenters. The summed E-state index contributed by atoms with van der Waals surface area (Å²) in [4.78, 5) is 19.2. The van der Waals surface area contributed by atoms with Crippen molar-refractivity contribution in [2.24, 2.45) is 0 Å². The van der Waals surface area contributed by atoms with Gasteiger partial charge in [-0.1, -0.05) is 13.0 Å². The molecule has 1 fully saturated rings. The number of ether oxygens (including phenoxy) is 2. The number of piperazine rings is 1. The minimum absolute atomic E-state index is 0.0255. The van der Waals surface area contributed by atoms with Crippen LogP contribution in [0.3, 0.4) is 0 Å². The number of thiophene rings is 1. The smallest absolute Gasteiger partial charge is 0.251 e. The van der Waals surface area contributed by atoms with Crippen LogP contribution in [0, 0.1) is 0 Å². The van der Waals surface area contributed by atoms with E-state index in [1.54, 1.807) is 43.8 Å². The second kappa shape index (κ2) is 10.1. The molecule has 1 N–H and O–H groups in total. The molecule has 1 aliphatic heterocycles. The molecule has 0 radical (unpaired) electrons. The average molecular weight is 418 g/mol. The Morgan fingerprint density at radius 2 is 1.86 bits per heavy atom. The van der Waals surface area contributed by atoms with Gasteiger partial charge in [-0.15, -0.1) is 11.3 Å². The van der Waals surface area contributed by atoms with Gasteiger partial charge in [0.15, 0.2) is 11.5 Å². The summed E-state index contributed by atoms with van der Waals surface area (Å²) in [5.74, 6) is 1.06. The van der Waals surface area contributed by atoms with Crippen LogP contribution in [0.4, 0.5) is 0 Å². The first-order valence-electron chi connectivity index (χ1n) is 10.1. The zero-order valence-electron chi connectivity index (χ0n) is 17.7. The number of rotatable bonds is 8. The second-order valence-electron chi connectivity index (χ2n) is 7.26. The molecule has 0 aliphatic carbocycles. The van der Waals surface area contributed by atoms with Crippen LogP contribution in [0.1, 0.15) is 35.1 Å². The van der Waals surface area contributed by atoms with E-state index in [2.05, 4.69) is 46.5 Å². The number of likely N-dealkylation sites (N-methyl/N-ethyl adjacent to an activating group) is 1. The van der Waals surface area contributed by atoms with Crippen molar-refractivity contribution in [2.75, 3.05) is 46.9 Å². The molecule has 29 heavy (non-hydrogen) atoms. The van der Waals surface area contributed by atoms with E-state index in [-0.39, 0.29) is 18.0 Å². The number of methoxy groups -OCH3 is 2. The monoisotopic (exact) mass is 417 g/mol. The molecule has 1 saturated heterocycles. The van der Waals surface area contributed by atoms with Gasteiger partial charge in [-0.2, -0.15) is 0 Å². The van der Waals surface area contributed by atoms with Crippen molar-refractivity contribution in [1.82, 2.24) is 15.1 Å². The summed E-state index contributed by atoms with van der Waals surface area (Å²) >= 11 is 1.75. The van der Waals surface area contributed by atoms with E-state index in [1.807, 2.05) is 0 Å². The topological polar surface area (TPSA) is 54.0 Å². The minimum Gasteiger partial charge on any atom is -0.493 e. The van der Waals surface area contributed by atoms with Gasteiger partial charge in [0, 0.05) is 42.7 Å². The maximum atomic E-state index is 12.9. The molecule has 1 aromatic heterocycles. The highest BCUT2D eigenvalue weighted by atomic mass is 32.1. The van der Waals surface area contributed by atoms with Gasteiger partial charge in [0.05, 0.1) is 20.3 Å². The van der Waals surface area contributed by atoms with Gasteiger partial charge in [-0.05, 0) is 43.1 Å². The Balaban J connectivity index is 1.75. The molecule has 0 spiro atoms. The normalized spacial score (nSPS) is 17.5. The third kappa shape index (κ3) is 5.10. The summed E-state index contributed by atoms with van der Waals surface area (Å²) in [6.07, 6.45) is 0. The Morgan fingerprint density at radius 1 is 1.14 bits per heavy atom. The first kappa shape index (κ1) is 21.6. The molecular weight excluding hydrogens is 386 g/mol. The number of carbonyl (C=O) groups excluding carboxylic acids is 1. The fourth-order valence-corrected chi connectivity index (χ4v) is 4.87. The molecular formula is C22H31N3O3S. The van der Waals surface area contributed by atoms with E-state index in [9.17, 15) is 4.79 Å². The Hall–Kier alpha value is -2.09. The predicted molar refractivity (Wildman–Crippen MR) is 117 cm³/mol. The number of amides is 1. The third-order valence-corrected chi connectivity index (χ3v) is 6.50. The average Bonchev–Trinajstić information content (AvgIpc) is 3.28. The van der Waals surface area contributed by atoms with Gasteiger partial charge in [-0.25, -0.2) is 0 Å². The maximum absolute atomic E-state index is 12.9. The second-order valence-corrected chi connectivity index (χ2v) is 8.24. The van der Waals surface area contributed by atoms with Crippen molar-refractivity contribution < 1.29 is 14.3 Å². The van der Waals surface area contributed by atoms with Crippen molar-refractivity contribution in [3.8, 4) is 11.5 Å². The van der Waals surface area contributed by atoms with E-state index in [0.29, 0.717) is 17.1 Å². The van der Waals surface area contributed by atoms with Crippen molar-refractivity contribution in [2.45, 2.75) is 25.9 Å². The largest absolute Gasteiger partial charge is 0.493 e. The quantitative estimate of drug-likeness (QED) is 0.715. The van der Waals surface area contributed by atoms with Crippen LogP contribution in [-0.4, -0.2) is 68.7 Å². The zero-order chi connectivity index (χ0) is 20.8. The molecule has 0 unspecified atom stereocenters. The van der Waals surface area contributed by atoms with Crippen LogP contribution < -0.4 is 14.8 Å². The van der Waals surface area contributed by atoms with Gasteiger partial charge in [0.1, 0.15) is 0 Å². The van der Waals surface area contributed by atoms with Crippen molar-refractivity contribution in [3.63, 3.8) is 0 Å². The summed E-state index contributed by atoms with van der Waals surface area (Å²) in [5.41, 5.74) is 0.565. The number of nitrogens with one attached hydrogen (secondary N) is 1. The molecule has 3 rings (SSSR count). The summed E-state index contributed by atoms with van der Waals surface area (Å²) in [6, 6.07) is 9.64. The fourth-order valence-electron chi connectivity index (χ4n) is 3.91. The van der Waals surface area contributed by atoms with Crippen LogP contribution in [0.2, 0.25) is 0 Å². The number of carbonyl (C=O) groups is 1. The molecule has 2 heterocycles. The number of hydrogen-bond acceptors (Lipinski definition) is 6. The summed E-state index contributed by atoms with van der Waals surface area (Å²) in [6.45, 7) is 9.53. The fraction of sp³-hybridized carbons (Fsp3) is 0.500. The summed E-state index contributed by atoms with van der Waals surface area (Å²) < 4.78 is 10.6. The lowest BCUT2D eigenvalue weighted by Gasteiger charge is -2.41. The van der Waals surface area contributed by atoms with E-state index in [4.69, 9.17) is 9.47 Å². The first-order valence-corrected chi connectivity index (χ1v) is 11.0. The van der Waals surface area contributed by atoms with E-state index >= 15 is 0 Å². The highest BCUT2D eigenvalue weighted by molar-refractivity contribution is 7.10. The Kier molecular flexibility index (Phi) is 7.52. The number of benzene rings is 1. The van der Waals surface area contributed by atoms with Gasteiger partial charge in [-0.3, -0.25) is 9.69 Å². The van der Waals surface area contributed by atoms with E-state index < -0.39 is 0 Å². The lowest BCUT2D eigenvalue weighted by molar-refractivity contribution is 0.0753. The van der Waals surface area contributed by atoms with Crippen LogP contribution in [0.25, 0.3) is 0 Å². The molecule has 0 bridgehead atoms. The molecule has 1 aromatic carbocycles. The minimum atomic E-state index is -0.104. The lowest BCUT2D eigenvalue weighted by atomic mass is 10.0. The Labute approximate surface area is 177 Å². The molecule has 0 saturated carbocycles. The molecule has 1 aliphatic rings. The highest BCUT2D eigenvalue weighted by Gasteiger charge is 2.30. The lowest BCUT2D eigenvalue weighted by Crippen LogP contribution is -2.52. The van der Waals surface area contributed by atoms with Crippen molar-refractivity contribution in [1.29, 1.82) is 0 Å². The van der Waals surface area contributed by atoms with Gasteiger partial charge in [0.25, 0.3) is 5.91 Å². The number of nitrogens with zero attached hydrogens (tertiary/aromatic N) is 2. The molecule has 2 aromatic rings.